The molecular formula is C17H14FN7O3S. The zero-order valence-electron chi connectivity index (χ0n) is 15.3. The minimum atomic E-state index is -0.589. The summed E-state index contributed by atoms with van der Waals surface area (Å²) in [6, 6.07) is 5.85. The van der Waals surface area contributed by atoms with Crippen LogP contribution in [0.2, 0.25) is 0 Å². The van der Waals surface area contributed by atoms with E-state index < -0.39 is 17.2 Å². The van der Waals surface area contributed by atoms with Crippen LogP contribution in [-0.2, 0) is 25.4 Å². The summed E-state index contributed by atoms with van der Waals surface area (Å²) in [7, 11) is 2.81. The van der Waals surface area contributed by atoms with Crippen LogP contribution in [0.1, 0.15) is 0 Å². The predicted octanol–water partition coefficient (Wildman–Crippen LogP) is 0.730. The Morgan fingerprint density at radius 2 is 1.90 bits per heavy atom. The maximum atomic E-state index is 13.0. The van der Waals surface area contributed by atoms with Crippen molar-refractivity contribution in [1.82, 2.24) is 29.1 Å². The Morgan fingerprint density at radius 1 is 1.17 bits per heavy atom. The molecule has 0 bridgehead atoms. The Morgan fingerprint density at radius 3 is 2.62 bits per heavy atom. The van der Waals surface area contributed by atoms with Gasteiger partial charge in [0.1, 0.15) is 12.4 Å². The molecule has 0 spiro atoms. The smallest absolute Gasteiger partial charge is 0.300 e. The molecule has 0 aliphatic rings. The van der Waals surface area contributed by atoms with Crippen LogP contribution in [0.3, 0.4) is 0 Å². The van der Waals surface area contributed by atoms with Crippen LogP contribution in [0.25, 0.3) is 22.4 Å². The van der Waals surface area contributed by atoms with Crippen LogP contribution in [0.5, 0.6) is 0 Å². The van der Waals surface area contributed by atoms with Gasteiger partial charge >= 0.3 is 5.69 Å². The van der Waals surface area contributed by atoms with Crippen molar-refractivity contribution in [3.63, 3.8) is 0 Å². The molecule has 29 heavy (non-hydrogen) atoms. The van der Waals surface area contributed by atoms with E-state index in [9.17, 15) is 18.8 Å². The molecule has 0 radical (unpaired) electrons. The number of halogens is 1. The number of fused-ring (bicyclic) bond motifs is 1. The number of nitrogens with zero attached hydrogens (tertiary/aromatic N) is 6. The topological polar surface area (TPSA) is 117 Å². The highest BCUT2D eigenvalue weighted by Gasteiger charge is 2.18. The molecule has 4 aromatic rings. The van der Waals surface area contributed by atoms with E-state index in [0.29, 0.717) is 10.8 Å². The summed E-state index contributed by atoms with van der Waals surface area (Å²) in [5.41, 5.74) is 0.341. The standard InChI is InChI=1S/C17H14FN7O3S/c1-23-14-13(15(27)24(2)17(23)28)25(22-21-14)7-12(26)20-16-19-11(8-29-16)9-3-5-10(18)6-4-9/h3-6,8H,7H2,1-2H3,(H,19,20,26). The second kappa shape index (κ2) is 7.05. The number of hydrogen-bond donors (Lipinski definition) is 1. The number of nitrogens with one attached hydrogen (secondary N) is 1. The van der Waals surface area contributed by atoms with Gasteiger partial charge < -0.3 is 5.32 Å². The highest BCUT2D eigenvalue weighted by molar-refractivity contribution is 7.14. The van der Waals surface area contributed by atoms with Gasteiger partial charge in [0.05, 0.1) is 5.69 Å². The average molecular weight is 415 g/mol. The largest absolute Gasteiger partial charge is 0.332 e. The highest BCUT2D eigenvalue weighted by Crippen LogP contribution is 2.25. The summed E-state index contributed by atoms with van der Waals surface area (Å²) >= 11 is 1.21. The second-order valence-corrected chi connectivity index (χ2v) is 7.08. The van der Waals surface area contributed by atoms with Crippen molar-refractivity contribution in [2.45, 2.75) is 6.54 Å². The molecule has 12 heteroatoms. The number of carbonyl (C=O) groups is 1. The SMILES string of the molecule is Cn1c(=O)c2c(nnn2CC(=O)Nc2nc(-c3ccc(F)cc3)cs2)n(C)c1=O. The number of anilines is 1. The van der Waals surface area contributed by atoms with E-state index in [1.807, 2.05) is 0 Å². The first-order valence-electron chi connectivity index (χ1n) is 8.35. The Kier molecular flexibility index (Phi) is 4.54. The third-order valence-electron chi connectivity index (χ3n) is 4.30. The molecule has 148 valence electrons. The van der Waals surface area contributed by atoms with Crippen LogP contribution in [-0.4, -0.2) is 35.0 Å². The molecule has 0 saturated heterocycles. The quantitative estimate of drug-likeness (QED) is 0.525. The molecule has 0 atom stereocenters. The summed E-state index contributed by atoms with van der Waals surface area (Å²) in [5.74, 6) is -0.811. The zero-order valence-corrected chi connectivity index (χ0v) is 16.1. The maximum Gasteiger partial charge on any atom is 0.332 e. The lowest BCUT2D eigenvalue weighted by Crippen LogP contribution is -2.38. The van der Waals surface area contributed by atoms with E-state index in [0.717, 1.165) is 14.8 Å². The fourth-order valence-electron chi connectivity index (χ4n) is 2.79. The average Bonchev–Trinajstić information content (AvgIpc) is 3.32. The highest BCUT2D eigenvalue weighted by atomic mass is 32.1. The van der Waals surface area contributed by atoms with E-state index in [-0.39, 0.29) is 23.5 Å². The summed E-state index contributed by atoms with van der Waals surface area (Å²) in [4.78, 5) is 41.1. The number of aromatic nitrogens is 6. The van der Waals surface area contributed by atoms with E-state index in [2.05, 4.69) is 20.6 Å². The van der Waals surface area contributed by atoms with Gasteiger partial charge in [0, 0.05) is 25.0 Å². The number of aryl methyl sites for hydroxylation is 1. The number of rotatable bonds is 4. The van der Waals surface area contributed by atoms with Crippen molar-refractivity contribution in [2.75, 3.05) is 5.32 Å². The minimum Gasteiger partial charge on any atom is -0.300 e. The first-order valence-corrected chi connectivity index (χ1v) is 9.23. The number of benzene rings is 1. The molecular weight excluding hydrogens is 401 g/mol. The summed E-state index contributed by atoms with van der Waals surface area (Å²) in [5, 5.41) is 12.4. The minimum absolute atomic E-state index is 0.0517. The van der Waals surface area contributed by atoms with Gasteiger partial charge in [-0.1, -0.05) is 5.21 Å². The summed E-state index contributed by atoms with van der Waals surface area (Å²) in [6.07, 6.45) is 0. The Labute approximate surface area is 165 Å². The molecule has 3 aromatic heterocycles. The lowest BCUT2D eigenvalue weighted by Gasteiger charge is -2.05. The van der Waals surface area contributed by atoms with Crippen LogP contribution in [0, 0.1) is 5.82 Å². The summed E-state index contributed by atoms with van der Waals surface area (Å²) < 4.78 is 16.3. The normalized spacial score (nSPS) is 11.1. The fraction of sp³-hybridized carbons (Fsp3) is 0.176. The van der Waals surface area contributed by atoms with Crippen LogP contribution >= 0.6 is 11.3 Å². The van der Waals surface area contributed by atoms with Crippen LogP contribution in [0.15, 0.2) is 39.2 Å². The zero-order chi connectivity index (χ0) is 20.7. The molecule has 0 unspecified atom stereocenters. The van der Waals surface area contributed by atoms with Gasteiger partial charge in [-0.3, -0.25) is 18.7 Å². The van der Waals surface area contributed by atoms with E-state index in [1.54, 1.807) is 17.5 Å². The molecule has 10 nitrogen and oxygen atoms in total. The van der Waals surface area contributed by atoms with Crippen LogP contribution < -0.4 is 16.6 Å². The number of hydrogen-bond acceptors (Lipinski definition) is 7. The maximum absolute atomic E-state index is 13.0. The van der Waals surface area contributed by atoms with Gasteiger partial charge in [0.15, 0.2) is 16.3 Å². The van der Waals surface area contributed by atoms with E-state index >= 15 is 0 Å². The molecule has 0 aliphatic heterocycles. The Bertz CT molecular complexity index is 1350. The van der Waals surface area contributed by atoms with Gasteiger partial charge in [-0.2, -0.15) is 0 Å². The third kappa shape index (κ3) is 3.33. The van der Waals surface area contributed by atoms with Gasteiger partial charge in [-0.25, -0.2) is 18.9 Å². The summed E-state index contributed by atoms with van der Waals surface area (Å²) in [6.45, 7) is -0.282. The number of carbonyl (C=O) groups excluding carboxylic acids is 1. The molecule has 4 rings (SSSR count). The second-order valence-electron chi connectivity index (χ2n) is 6.22. The van der Waals surface area contributed by atoms with Gasteiger partial charge in [0.2, 0.25) is 5.91 Å². The fourth-order valence-corrected chi connectivity index (χ4v) is 3.52. The van der Waals surface area contributed by atoms with E-state index in [1.165, 1.54) is 42.1 Å². The van der Waals surface area contributed by atoms with Crippen molar-refractivity contribution in [1.29, 1.82) is 0 Å². The van der Waals surface area contributed by atoms with Crippen LogP contribution in [0.4, 0.5) is 9.52 Å². The molecule has 0 aliphatic carbocycles. The molecule has 0 fully saturated rings. The molecule has 0 saturated carbocycles. The number of amides is 1. The van der Waals surface area contributed by atoms with Crippen molar-refractivity contribution >= 4 is 33.5 Å². The van der Waals surface area contributed by atoms with E-state index in [4.69, 9.17) is 0 Å². The monoisotopic (exact) mass is 415 g/mol. The third-order valence-corrected chi connectivity index (χ3v) is 5.06. The molecule has 3 heterocycles. The van der Waals surface area contributed by atoms with Gasteiger partial charge in [0.25, 0.3) is 5.56 Å². The van der Waals surface area contributed by atoms with Crippen molar-refractivity contribution in [2.24, 2.45) is 14.1 Å². The van der Waals surface area contributed by atoms with Crippen molar-refractivity contribution < 1.29 is 9.18 Å². The van der Waals surface area contributed by atoms with Crippen molar-refractivity contribution in [3.8, 4) is 11.3 Å². The lowest BCUT2D eigenvalue weighted by molar-refractivity contribution is -0.116. The first kappa shape index (κ1) is 18.7. The van der Waals surface area contributed by atoms with Gasteiger partial charge in [-0.15, -0.1) is 16.4 Å². The Balaban J connectivity index is 1.56. The first-order chi connectivity index (χ1) is 13.8. The molecule has 1 aromatic carbocycles. The number of thiazole rings is 1. The lowest BCUT2D eigenvalue weighted by atomic mass is 10.2. The van der Waals surface area contributed by atoms with Crippen molar-refractivity contribution in [3.05, 3.63) is 56.3 Å². The van der Waals surface area contributed by atoms with Gasteiger partial charge in [-0.05, 0) is 24.3 Å². The molecule has 1 N–H and O–H groups in total. The molecule has 1 amide bonds. The predicted molar refractivity (Wildman–Crippen MR) is 104 cm³/mol. The Hall–Kier alpha value is -3.67.